The summed E-state index contributed by atoms with van der Waals surface area (Å²) in [6.07, 6.45) is 1.70. The van der Waals surface area contributed by atoms with Gasteiger partial charge in [0.25, 0.3) is 0 Å². The Bertz CT molecular complexity index is 236. The van der Waals surface area contributed by atoms with E-state index in [1.807, 2.05) is 6.07 Å². The Morgan fingerprint density at radius 2 is 2.09 bits per heavy atom. The molecule has 0 aliphatic rings. The van der Waals surface area contributed by atoms with Crippen molar-refractivity contribution in [2.24, 2.45) is 0 Å². The van der Waals surface area contributed by atoms with E-state index in [0.717, 1.165) is 5.50 Å². The van der Waals surface area contributed by atoms with Crippen molar-refractivity contribution in [2.75, 3.05) is 0 Å². The number of furan rings is 1. The summed E-state index contributed by atoms with van der Waals surface area (Å²) in [5.74, 6) is 0. The summed E-state index contributed by atoms with van der Waals surface area (Å²) in [4.78, 5) is 0. The van der Waals surface area contributed by atoms with Crippen LogP contribution in [0.15, 0.2) is 16.7 Å². The second kappa shape index (κ2) is 3.16. The Kier molecular flexibility index (Phi) is 2.61. The molecule has 11 heavy (non-hydrogen) atoms. The highest BCUT2D eigenvalue weighted by Gasteiger charge is 2.19. The van der Waals surface area contributed by atoms with Gasteiger partial charge in [-0.15, -0.1) is 0 Å². The average molecular weight is 191 g/mol. The third-order valence-corrected chi connectivity index (χ3v) is 2.63. The summed E-state index contributed by atoms with van der Waals surface area (Å²) in [5, 5.41) is 0. The molecule has 0 fully saturated rings. The highest BCUT2D eigenvalue weighted by atomic mass is 35.7. The van der Waals surface area contributed by atoms with Gasteiger partial charge in [0.15, 0.2) is 0 Å². The summed E-state index contributed by atoms with van der Waals surface area (Å²) in [7, 11) is 0.232. The Balaban J connectivity index is 3.02. The van der Waals surface area contributed by atoms with Crippen molar-refractivity contribution in [3.8, 4) is 0 Å². The van der Waals surface area contributed by atoms with Crippen LogP contribution in [0.3, 0.4) is 0 Å². The van der Waals surface area contributed by atoms with Crippen molar-refractivity contribution >= 4 is 24.7 Å². The van der Waals surface area contributed by atoms with E-state index >= 15 is 0 Å². The van der Waals surface area contributed by atoms with Crippen LogP contribution in [-0.2, 0) is 5.41 Å². The molecule has 1 nitrogen and oxygen atoms in total. The molecule has 0 bridgehead atoms. The number of hydrogen-bond donors (Lipinski definition) is 0. The van der Waals surface area contributed by atoms with E-state index in [-0.39, 0.29) is 13.3 Å². The molecule has 1 atom stereocenters. The molecule has 0 aromatic carbocycles. The van der Waals surface area contributed by atoms with E-state index in [2.05, 4.69) is 20.8 Å². The zero-order chi connectivity index (χ0) is 8.48. The SMILES string of the molecule is CC(C)(C)c1ccoc1PCl. The molecule has 0 spiro atoms. The van der Waals surface area contributed by atoms with Gasteiger partial charge >= 0.3 is 0 Å². The minimum Gasteiger partial charge on any atom is -0.463 e. The van der Waals surface area contributed by atoms with Crippen LogP contribution in [-0.4, -0.2) is 0 Å². The molecule has 1 heterocycles. The average Bonchev–Trinajstić information content (AvgIpc) is 2.31. The summed E-state index contributed by atoms with van der Waals surface area (Å²) in [5.41, 5.74) is 2.27. The minimum atomic E-state index is 0.143. The number of halogens is 1. The van der Waals surface area contributed by atoms with Gasteiger partial charge in [0, 0.05) is 13.5 Å². The van der Waals surface area contributed by atoms with E-state index in [0.29, 0.717) is 0 Å². The van der Waals surface area contributed by atoms with Crippen LogP contribution in [0.4, 0.5) is 0 Å². The first-order valence-electron chi connectivity index (χ1n) is 3.50. The van der Waals surface area contributed by atoms with Crippen molar-refractivity contribution in [3.05, 3.63) is 17.9 Å². The fourth-order valence-electron chi connectivity index (χ4n) is 0.973. The van der Waals surface area contributed by atoms with Crippen molar-refractivity contribution in [1.29, 1.82) is 0 Å². The lowest BCUT2D eigenvalue weighted by atomic mass is 9.89. The molecule has 0 saturated heterocycles. The number of rotatable bonds is 1. The van der Waals surface area contributed by atoms with Crippen molar-refractivity contribution in [1.82, 2.24) is 0 Å². The van der Waals surface area contributed by atoms with Gasteiger partial charge in [-0.05, 0) is 11.5 Å². The first kappa shape index (κ1) is 9.09. The molecular formula is C8H12ClOP. The molecule has 1 rings (SSSR count). The molecular weight excluding hydrogens is 179 g/mol. The molecule has 0 radical (unpaired) electrons. The van der Waals surface area contributed by atoms with Gasteiger partial charge in [0.2, 0.25) is 0 Å². The van der Waals surface area contributed by atoms with E-state index in [9.17, 15) is 0 Å². The first-order valence-corrected chi connectivity index (χ1v) is 5.51. The third kappa shape index (κ3) is 1.98. The summed E-state index contributed by atoms with van der Waals surface area (Å²) >= 11 is 5.71. The van der Waals surface area contributed by atoms with E-state index < -0.39 is 0 Å². The van der Waals surface area contributed by atoms with Crippen LogP contribution in [0.25, 0.3) is 0 Å². The standard InChI is InChI=1S/C8H12ClOP/c1-8(2,3)6-4-5-10-7(6)11-9/h4-5,11H,1-3H3. The second-order valence-electron chi connectivity index (χ2n) is 3.51. The van der Waals surface area contributed by atoms with Gasteiger partial charge < -0.3 is 4.42 Å². The van der Waals surface area contributed by atoms with Crippen LogP contribution in [0, 0.1) is 0 Å². The molecule has 0 aliphatic heterocycles. The van der Waals surface area contributed by atoms with E-state index in [1.54, 1.807) is 6.26 Å². The van der Waals surface area contributed by atoms with Gasteiger partial charge in [0.05, 0.1) is 6.26 Å². The highest BCUT2D eigenvalue weighted by molar-refractivity contribution is 7.74. The first-order chi connectivity index (χ1) is 5.05. The largest absolute Gasteiger partial charge is 0.463 e. The monoisotopic (exact) mass is 190 g/mol. The zero-order valence-corrected chi connectivity index (χ0v) is 8.70. The zero-order valence-electron chi connectivity index (χ0n) is 6.94. The normalized spacial score (nSPS) is 13.1. The topological polar surface area (TPSA) is 13.1 Å². The van der Waals surface area contributed by atoms with Crippen LogP contribution >= 0.6 is 19.2 Å². The van der Waals surface area contributed by atoms with Crippen LogP contribution in [0.5, 0.6) is 0 Å². The van der Waals surface area contributed by atoms with E-state index in [1.165, 1.54) is 5.56 Å². The molecule has 0 N–H and O–H groups in total. The van der Waals surface area contributed by atoms with Gasteiger partial charge in [-0.3, -0.25) is 0 Å². The lowest BCUT2D eigenvalue weighted by Crippen LogP contribution is -2.16. The predicted molar refractivity (Wildman–Crippen MR) is 51.2 cm³/mol. The van der Waals surface area contributed by atoms with Gasteiger partial charge in [-0.1, -0.05) is 32.0 Å². The van der Waals surface area contributed by atoms with Crippen molar-refractivity contribution in [2.45, 2.75) is 26.2 Å². The Hall–Kier alpha value is -0.000000000000000111. The van der Waals surface area contributed by atoms with Gasteiger partial charge in [-0.25, -0.2) is 0 Å². The number of hydrogen-bond acceptors (Lipinski definition) is 1. The molecule has 0 amide bonds. The Morgan fingerprint density at radius 3 is 2.45 bits per heavy atom. The third-order valence-electron chi connectivity index (χ3n) is 1.56. The fourth-order valence-corrected chi connectivity index (χ4v) is 2.08. The second-order valence-corrected chi connectivity index (χ2v) is 4.72. The molecule has 0 saturated carbocycles. The maximum absolute atomic E-state index is 5.71. The maximum atomic E-state index is 5.71. The molecule has 0 aliphatic carbocycles. The van der Waals surface area contributed by atoms with Gasteiger partial charge in [0.1, 0.15) is 5.50 Å². The highest BCUT2D eigenvalue weighted by Crippen LogP contribution is 2.27. The summed E-state index contributed by atoms with van der Waals surface area (Å²) in [6, 6.07) is 1.99. The van der Waals surface area contributed by atoms with E-state index in [4.69, 9.17) is 15.7 Å². The van der Waals surface area contributed by atoms with Crippen LogP contribution < -0.4 is 5.50 Å². The molecule has 1 unspecified atom stereocenters. The molecule has 3 heteroatoms. The molecule has 1 aromatic heterocycles. The predicted octanol–water partition coefficient (Wildman–Crippen LogP) is 3.03. The lowest BCUT2D eigenvalue weighted by molar-refractivity contribution is 0.568. The van der Waals surface area contributed by atoms with Crippen molar-refractivity contribution in [3.63, 3.8) is 0 Å². The minimum absolute atomic E-state index is 0.143. The quantitative estimate of drug-likeness (QED) is 0.621. The summed E-state index contributed by atoms with van der Waals surface area (Å²) < 4.78 is 5.22. The molecule has 1 aromatic rings. The Morgan fingerprint density at radius 1 is 1.45 bits per heavy atom. The van der Waals surface area contributed by atoms with Crippen LogP contribution in [0.2, 0.25) is 0 Å². The lowest BCUT2D eigenvalue weighted by Gasteiger charge is -2.17. The maximum Gasteiger partial charge on any atom is 0.141 e. The Labute approximate surface area is 73.7 Å². The smallest absolute Gasteiger partial charge is 0.141 e. The van der Waals surface area contributed by atoms with Crippen LogP contribution in [0.1, 0.15) is 26.3 Å². The molecule has 62 valence electrons. The fraction of sp³-hybridized carbons (Fsp3) is 0.500. The summed E-state index contributed by atoms with van der Waals surface area (Å²) in [6.45, 7) is 6.45. The van der Waals surface area contributed by atoms with Gasteiger partial charge in [-0.2, -0.15) is 0 Å². The van der Waals surface area contributed by atoms with Crippen molar-refractivity contribution < 1.29 is 4.42 Å².